The van der Waals surface area contributed by atoms with Crippen LogP contribution in [0.1, 0.15) is 129 Å². The summed E-state index contributed by atoms with van der Waals surface area (Å²) in [5.41, 5.74) is 0. The van der Waals surface area contributed by atoms with Gasteiger partial charge in [-0.05, 0) is 116 Å². The maximum atomic E-state index is 11.9. The van der Waals surface area contributed by atoms with Crippen molar-refractivity contribution in [1.29, 1.82) is 0 Å². The van der Waals surface area contributed by atoms with E-state index in [1.54, 1.807) is 55.4 Å². The van der Waals surface area contributed by atoms with Crippen LogP contribution >= 0.6 is 136 Å². The Hall–Kier alpha value is 1.30. The summed E-state index contributed by atoms with van der Waals surface area (Å²) in [5.74, 6) is -2.12. The molecule has 0 N–H and O–H groups in total. The van der Waals surface area contributed by atoms with Gasteiger partial charge in [-0.1, -0.05) is 148 Å². The maximum Gasteiger partial charge on any atom is 0.500 e. The average Bonchev–Trinajstić information content (AvgIpc) is 3.18. The van der Waals surface area contributed by atoms with E-state index in [0.29, 0.717) is 52.5 Å². The van der Waals surface area contributed by atoms with Crippen LogP contribution < -0.4 is 0 Å². The van der Waals surface area contributed by atoms with Crippen molar-refractivity contribution >= 4 is 180 Å². The van der Waals surface area contributed by atoms with Gasteiger partial charge in [0.15, 0.2) is 0 Å². The van der Waals surface area contributed by atoms with Crippen LogP contribution in [-0.4, -0.2) is 126 Å². The predicted molar refractivity (Wildman–Crippen MR) is 302 cm³/mol. The fraction of sp³-hybridized carbons (Fsp3) is 0.857. The van der Waals surface area contributed by atoms with Gasteiger partial charge in [0.05, 0.1) is 25.7 Å². The van der Waals surface area contributed by atoms with Gasteiger partial charge in [0.2, 0.25) is 0 Å². The summed E-state index contributed by atoms with van der Waals surface area (Å²) >= 11 is 12.1. The first-order valence-electron chi connectivity index (χ1n) is 21.4. The summed E-state index contributed by atoms with van der Waals surface area (Å²) < 4.78 is 45.5. The summed E-state index contributed by atoms with van der Waals surface area (Å²) in [7, 11) is -2.49. The molecule has 0 aromatic rings. The van der Waals surface area contributed by atoms with Crippen molar-refractivity contribution in [2.75, 3.05) is 59.5 Å². The summed E-state index contributed by atoms with van der Waals surface area (Å²) in [6.07, 6.45) is 5.26. The Morgan fingerprint density at radius 2 is 0.734 bits per heavy atom. The number of carbonyl (C=O) groups excluding carboxylic acids is 6. The van der Waals surface area contributed by atoms with Gasteiger partial charge in [-0.15, -0.1) is 0 Å². The Bertz CT molecular complexity index is 1240. The Morgan fingerprint density at radius 1 is 0.438 bits per heavy atom. The average molecular weight is 1610 g/mol. The lowest BCUT2D eigenvalue weighted by molar-refractivity contribution is -0.155. The van der Waals surface area contributed by atoms with Crippen molar-refractivity contribution in [2.24, 2.45) is 5.92 Å². The minimum absolute atomic E-state index is 0.00910. The number of unbranched alkanes of at least 4 members (excludes halogenated alkanes) is 3. The van der Waals surface area contributed by atoms with Gasteiger partial charge in [0.1, 0.15) is 41.4 Å². The van der Waals surface area contributed by atoms with E-state index in [1.807, 2.05) is 148 Å². The van der Waals surface area contributed by atoms with Crippen LogP contribution in [0.2, 0.25) is 6.04 Å². The van der Waals surface area contributed by atoms with Gasteiger partial charge in [-0.3, -0.25) is 28.8 Å². The molecule has 0 saturated carbocycles. The van der Waals surface area contributed by atoms with Gasteiger partial charge >= 0.3 is 44.6 Å². The van der Waals surface area contributed by atoms with Crippen LogP contribution in [0.25, 0.3) is 0 Å². The molecule has 15 nitrogen and oxygen atoms in total. The zero-order valence-electron chi connectivity index (χ0n) is 39.9. The minimum Gasteiger partial charge on any atom is -0.465 e. The number of rotatable bonds is 30. The first-order chi connectivity index (χ1) is 29.4. The number of alkyl halides is 6. The van der Waals surface area contributed by atoms with Crippen LogP contribution in [0.4, 0.5) is 0 Å². The highest BCUT2D eigenvalue weighted by Crippen LogP contribution is 2.24. The summed E-state index contributed by atoms with van der Waals surface area (Å²) in [6.45, 7) is 26.8. The number of hydrogen-bond donors (Lipinski definition) is 0. The molecule has 0 aliphatic carbocycles. The molecule has 22 heteroatoms. The van der Waals surface area contributed by atoms with E-state index in [0.717, 1.165) is 31.7 Å². The fourth-order valence-corrected chi connectivity index (χ4v) is 8.76. The van der Waals surface area contributed by atoms with Crippen molar-refractivity contribution in [2.45, 2.75) is 156 Å². The topological polar surface area (TPSA) is 185 Å². The van der Waals surface area contributed by atoms with Crippen LogP contribution in [-0.2, 0) is 70.5 Å². The molecule has 2 atom stereocenters. The van der Waals surface area contributed by atoms with E-state index in [9.17, 15) is 28.8 Å². The molecule has 64 heavy (non-hydrogen) atoms. The molecule has 378 valence electrons. The van der Waals surface area contributed by atoms with Crippen LogP contribution in [0.15, 0.2) is 0 Å². The van der Waals surface area contributed by atoms with Crippen molar-refractivity contribution in [3.05, 3.63) is 0 Å². The summed E-state index contributed by atoms with van der Waals surface area (Å²) in [6, 6.07) is 0.850. The molecule has 0 heterocycles. The highest BCUT2D eigenvalue weighted by Gasteiger charge is 2.39. The Labute approximate surface area is 466 Å². The normalized spacial score (nSPS) is 12.9. The van der Waals surface area contributed by atoms with Crippen molar-refractivity contribution in [1.82, 2.24) is 0 Å². The molecule has 0 amide bonds. The highest BCUT2D eigenvalue weighted by atomic mass is 127. The lowest BCUT2D eigenvalue weighted by Crippen LogP contribution is -2.45. The number of ether oxygens (including phenoxy) is 6. The lowest BCUT2D eigenvalue weighted by Gasteiger charge is -2.28. The van der Waals surface area contributed by atoms with Gasteiger partial charge in [0, 0.05) is 25.9 Å². The van der Waals surface area contributed by atoms with Crippen LogP contribution in [0, 0.1) is 5.92 Å². The number of esters is 6. The molecule has 2 unspecified atom stereocenters. The molecular formula is C42H74I6O15Si. The smallest absolute Gasteiger partial charge is 0.465 e. The Morgan fingerprint density at radius 3 is 1.02 bits per heavy atom. The second-order valence-electron chi connectivity index (χ2n) is 15.8. The SMILES string of the molecule is CC(C)(I)C(=O)OCC(COC(=O)C(C)(C)I)COC(=O)C(C)(C)I.CCOC(=O)C(I)CCC(I)C(=O)OCC.CCO[Si](CCCCCCOC(=O)C(C)(C)I)(OCC)OCC. The second kappa shape index (κ2) is 37.1. The third-order valence-corrected chi connectivity index (χ3v) is 14.9. The first kappa shape index (κ1) is 69.6. The number of halogens is 6. The monoisotopic (exact) mass is 1610 g/mol. The zero-order chi connectivity index (χ0) is 50.4. The molecule has 0 aliphatic heterocycles. The first-order valence-corrected chi connectivity index (χ1v) is 30.1. The van der Waals surface area contributed by atoms with E-state index in [-0.39, 0.29) is 63.5 Å². The standard InChI is InChI=1S/C16H25I3O6.C16H33IO5Si.C10H16I2O4/c1-14(2,17)11(20)23-7-10(8-24-12(21)15(3,4)18)9-25-13(22)16(5,6)19;1-6-20-23(21-7-2,22-8-3)14-12-10-9-11-13-19-15(18)16(4,5)17;1-3-15-9(13)7(11)5-6-8(12)10(14)16-4-2/h10H,7-9H2,1-6H3;6-14H2,1-5H3;7-8H,3-6H2,1-2H3. The Balaban J connectivity index is -0.000000893. The van der Waals surface area contributed by atoms with Gasteiger partial charge in [0.25, 0.3) is 0 Å². The number of hydrogen-bond acceptors (Lipinski definition) is 15. The third kappa shape index (κ3) is 36.3. The van der Waals surface area contributed by atoms with E-state index in [1.165, 1.54) is 0 Å². The highest BCUT2D eigenvalue weighted by molar-refractivity contribution is 14.1. The molecule has 0 radical (unpaired) electrons. The molecule has 0 fully saturated rings. The van der Waals surface area contributed by atoms with Gasteiger partial charge in [-0.2, -0.15) is 0 Å². The largest absolute Gasteiger partial charge is 0.500 e. The van der Waals surface area contributed by atoms with Gasteiger partial charge < -0.3 is 41.7 Å². The molecule has 0 rings (SSSR count). The van der Waals surface area contributed by atoms with E-state index >= 15 is 0 Å². The minimum atomic E-state index is -2.49. The number of carbonyl (C=O) groups is 6. The molecule has 0 aromatic carbocycles. The Kier molecular flexibility index (Phi) is 40.4. The zero-order valence-corrected chi connectivity index (χ0v) is 53.9. The predicted octanol–water partition coefficient (Wildman–Crippen LogP) is 10.7. The molecule has 0 aliphatic rings. The second-order valence-corrected chi connectivity index (χ2v) is 32.4. The van der Waals surface area contributed by atoms with Crippen molar-refractivity contribution in [3.8, 4) is 0 Å². The van der Waals surface area contributed by atoms with Crippen LogP contribution in [0.5, 0.6) is 0 Å². The third-order valence-electron chi connectivity index (χ3n) is 7.75. The van der Waals surface area contributed by atoms with E-state index in [4.69, 9.17) is 41.7 Å². The van der Waals surface area contributed by atoms with Crippen molar-refractivity contribution < 1.29 is 70.5 Å². The van der Waals surface area contributed by atoms with Crippen LogP contribution in [0.3, 0.4) is 0 Å². The van der Waals surface area contributed by atoms with Gasteiger partial charge in [-0.25, -0.2) is 0 Å². The van der Waals surface area contributed by atoms with E-state index < -0.39 is 28.4 Å². The van der Waals surface area contributed by atoms with E-state index in [2.05, 4.69) is 22.6 Å². The van der Waals surface area contributed by atoms with Crippen molar-refractivity contribution in [3.63, 3.8) is 0 Å². The summed E-state index contributed by atoms with van der Waals surface area (Å²) in [5, 5.41) is 0. The molecule has 0 saturated heterocycles. The molecule has 0 bridgehead atoms. The summed E-state index contributed by atoms with van der Waals surface area (Å²) in [4.78, 5) is 70.0. The molecular weight excluding hydrogens is 1530 g/mol. The lowest BCUT2D eigenvalue weighted by atomic mass is 10.1. The maximum absolute atomic E-state index is 11.9. The molecule has 0 aromatic heterocycles. The fourth-order valence-electron chi connectivity index (χ4n) is 4.37. The molecule has 0 spiro atoms. The quantitative estimate of drug-likeness (QED) is 0.0165.